The molecule has 4 rings (SSSR count). The van der Waals surface area contributed by atoms with E-state index in [2.05, 4.69) is 28.9 Å². The van der Waals surface area contributed by atoms with E-state index < -0.39 is 0 Å². The molecular weight excluding hydrogens is 440 g/mol. The topological polar surface area (TPSA) is 26.7 Å². The minimum absolute atomic E-state index is 0.522. The lowest BCUT2D eigenvalue weighted by Crippen LogP contribution is -2.30. The molecule has 3 nitrogen and oxygen atoms in total. The summed E-state index contributed by atoms with van der Waals surface area (Å²) in [4.78, 5) is 6.37. The molecule has 2 saturated heterocycles. The van der Waals surface area contributed by atoms with Crippen LogP contribution in [0, 0.1) is 3.82 Å². The van der Waals surface area contributed by atoms with Gasteiger partial charge in [-0.2, -0.15) is 0 Å². The van der Waals surface area contributed by atoms with E-state index in [1.54, 1.807) is 10.3 Å². The van der Waals surface area contributed by atoms with Crippen LogP contribution in [0.15, 0.2) is 12.1 Å². The number of aromatic hydroxyl groups is 1. The maximum absolute atomic E-state index is 11.3. The van der Waals surface area contributed by atoms with Crippen molar-refractivity contribution >= 4 is 32.9 Å². The molecule has 2 aromatic rings. The lowest BCUT2D eigenvalue weighted by atomic mass is 9.98. The average molecular weight is 477 g/mol. The van der Waals surface area contributed by atoms with E-state index in [0.717, 1.165) is 60.6 Å². The third-order valence-electron chi connectivity index (χ3n) is 6.72. The summed E-state index contributed by atoms with van der Waals surface area (Å²) in [5.41, 5.74) is 4.81. The lowest BCUT2D eigenvalue weighted by Gasteiger charge is -2.29. The number of rotatable bonds is 8. The summed E-state index contributed by atoms with van der Waals surface area (Å²) >= 11 is 5.70. The number of likely N-dealkylation sites (tertiary alicyclic amines) is 2. The molecule has 6 heteroatoms. The van der Waals surface area contributed by atoms with E-state index in [1.165, 1.54) is 67.4 Å². The molecule has 1 aromatic carbocycles. The van der Waals surface area contributed by atoms with Gasteiger partial charge in [-0.25, -0.2) is 0 Å². The van der Waals surface area contributed by atoms with E-state index in [1.807, 2.05) is 10.3 Å². The van der Waals surface area contributed by atoms with E-state index in [-0.39, 0.29) is 0 Å². The molecular formula is C25H36N2OS3. The number of phenols is 1. The molecule has 2 aliphatic rings. The zero-order chi connectivity index (χ0) is 21.6. The molecule has 0 atom stereocenters. The maximum atomic E-state index is 11.3. The van der Waals surface area contributed by atoms with Gasteiger partial charge in [-0.3, -0.25) is 9.80 Å². The van der Waals surface area contributed by atoms with Crippen molar-refractivity contribution < 1.29 is 5.11 Å². The Morgan fingerprint density at radius 2 is 1.42 bits per heavy atom. The van der Waals surface area contributed by atoms with Crippen molar-refractivity contribution in [1.82, 2.24) is 9.80 Å². The van der Waals surface area contributed by atoms with Gasteiger partial charge in [0, 0.05) is 24.2 Å². The molecule has 2 fully saturated rings. The smallest absolute Gasteiger partial charge is 0.124 e. The molecule has 0 amide bonds. The van der Waals surface area contributed by atoms with Crippen molar-refractivity contribution in [1.29, 1.82) is 0 Å². The van der Waals surface area contributed by atoms with Crippen LogP contribution in [0.3, 0.4) is 0 Å². The SMILES string of the molecule is CCCCc1c(-c2cc(CN3CCCCC3)c(O)c(CN3CCCCC3)c2)ssc1=S. The highest BCUT2D eigenvalue weighted by atomic mass is 32.9. The first-order valence-electron chi connectivity index (χ1n) is 12.1. The van der Waals surface area contributed by atoms with Gasteiger partial charge in [0.1, 0.15) is 9.57 Å². The van der Waals surface area contributed by atoms with Crippen LogP contribution in [-0.4, -0.2) is 41.1 Å². The van der Waals surface area contributed by atoms with Crippen LogP contribution >= 0.6 is 32.9 Å². The number of piperidine rings is 2. The minimum atomic E-state index is 0.522. The Hall–Kier alpha value is -0.790. The fourth-order valence-electron chi connectivity index (χ4n) is 4.91. The molecule has 0 radical (unpaired) electrons. The Balaban J connectivity index is 1.69. The summed E-state index contributed by atoms with van der Waals surface area (Å²) in [5, 5.41) is 11.3. The molecule has 1 aromatic heterocycles. The van der Waals surface area contributed by atoms with Gasteiger partial charge >= 0.3 is 0 Å². The number of phenolic OH excluding ortho intramolecular Hbond substituents is 1. The second-order valence-electron chi connectivity index (χ2n) is 9.18. The Morgan fingerprint density at radius 3 is 1.94 bits per heavy atom. The van der Waals surface area contributed by atoms with Gasteiger partial charge in [0.2, 0.25) is 0 Å². The third kappa shape index (κ3) is 5.97. The predicted molar refractivity (Wildman–Crippen MR) is 137 cm³/mol. The van der Waals surface area contributed by atoms with E-state index in [0.29, 0.717) is 5.75 Å². The first-order valence-corrected chi connectivity index (χ1v) is 14.6. The Kier molecular flexibility index (Phi) is 8.57. The standard InChI is InChI=1S/C25H36N2OS3/c1-2-3-10-22-24(30-31-25(22)29)19-15-20(17-26-11-6-4-7-12-26)23(28)21(16-19)18-27-13-8-5-9-14-27/h15-16,28H,2-14,17-18H2,1H3. The summed E-state index contributed by atoms with van der Waals surface area (Å²) in [6, 6.07) is 4.51. The molecule has 0 bridgehead atoms. The molecule has 3 heterocycles. The van der Waals surface area contributed by atoms with Crippen LogP contribution in [0.2, 0.25) is 0 Å². The predicted octanol–water partition coefficient (Wildman–Crippen LogP) is 7.23. The number of hydrogen-bond donors (Lipinski definition) is 1. The third-order valence-corrected chi connectivity index (χ3v) is 9.91. The summed E-state index contributed by atoms with van der Waals surface area (Å²) in [6.45, 7) is 8.52. The molecule has 0 unspecified atom stereocenters. The van der Waals surface area contributed by atoms with Crippen molar-refractivity contribution in [3.8, 4) is 16.2 Å². The summed E-state index contributed by atoms with van der Waals surface area (Å²) in [6.07, 6.45) is 11.2. The van der Waals surface area contributed by atoms with E-state index >= 15 is 0 Å². The van der Waals surface area contributed by atoms with E-state index in [4.69, 9.17) is 12.2 Å². The monoisotopic (exact) mass is 476 g/mol. The molecule has 1 N–H and O–H groups in total. The first kappa shape index (κ1) is 23.4. The second-order valence-corrected chi connectivity index (χ2v) is 12.0. The average Bonchev–Trinajstić information content (AvgIpc) is 3.16. The number of hydrogen-bond acceptors (Lipinski definition) is 6. The van der Waals surface area contributed by atoms with Crippen molar-refractivity contribution in [2.24, 2.45) is 0 Å². The van der Waals surface area contributed by atoms with Gasteiger partial charge < -0.3 is 5.11 Å². The lowest BCUT2D eigenvalue weighted by molar-refractivity contribution is 0.213. The fraction of sp³-hybridized carbons (Fsp3) is 0.640. The molecule has 31 heavy (non-hydrogen) atoms. The van der Waals surface area contributed by atoms with Crippen LogP contribution in [0.1, 0.15) is 75.0 Å². The molecule has 2 aliphatic heterocycles. The minimum Gasteiger partial charge on any atom is -0.507 e. The normalized spacial score (nSPS) is 18.5. The van der Waals surface area contributed by atoms with Gasteiger partial charge in [-0.1, -0.05) is 59.1 Å². The fourth-order valence-corrected chi connectivity index (χ4v) is 7.90. The van der Waals surface area contributed by atoms with Gasteiger partial charge in [-0.15, -0.1) is 0 Å². The second kappa shape index (κ2) is 11.4. The van der Waals surface area contributed by atoms with Crippen molar-refractivity contribution in [3.63, 3.8) is 0 Å². The number of nitrogens with zero attached hydrogens (tertiary/aromatic N) is 2. The number of benzene rings is 1. The van der Waals surface area contributed by atoms with Gasteiger partial charge in [-0.05, 0) is 88.0 Å². The number of unbranched alkanes of at least 4 members (excludes halogenated alkanes) is 1. The molecule has 0 saturated carbocycles. The van der Waals surface area contributed by atoms with Crippen LogP contribution in [0.5, 0.6) is 5.75 Å². The van der Waals surface area contributed by atoms with Crippen LogP contribution < -0.4 is 0 Å². The highest BCUT2D eigenvalue weighted by molar-refractivity contribution is 7.80. The van der Waals surface area contributed by atoms with Crippen molar-refractivity contribution in [2.75, 3.05) is 26.2 Å². The van der Waals surface area contributed by atoms with Crippen molar-refractivity contribution in [2.45, 2.75) is 77.8 Å². The van der Waals surface area contributed by atoms with Crippen molar-refractivity contribution in [3.05, 3.63) is 32.6 Å². The summed E-state index contributed by atoms with van der Waals surface area (Å²) in [7, 11) is 3.56. The molecule has 0 aliphatic carbocycles. The Labute approximate surface area is 200 Å². The van der Waals surface area contributed by atoms with Gasteiger partial charge in [0.05, 0.1) is 4.88 Å². The van der Waals surface area contributed by atoms with Crippen LogP contribution in [0.25, 0.3) is 10.4 Å². The first-order chi connectivity index (χ1) is 15.2. The Bertz CT molecular complexity index is 867. The maximum Gasteiger partial charge on any atom is 0.124 e. The van der Waals surface area contributed by atoms with Gasteiger partial charge in [0.25, 0.3) is 0 Å². The molecule has 170 valence electrons. The Morgan fingerprint density at radius 1 is 0.871 bits per heavy atom. The quantitative estimate of drug-likeness (QED) is 0.321. The van der Waals surface area contributed by atoms with Crippen LogP contribution in [0.4, 0.5) is 0 Å². The zero-order valence-corrected chi connectivity index (χ0v) is 21.3. The highest BCUT2D eigenvalue weighted by Crippen LogP contribution is 2.39. The van der Waals surface area contributed by atoms with Gasteiger partial charge in [0.15, 0.2) is 0 Å². The molecule has 0 spiro atoms. The summed E-state index contributed by atoms with van der Waals surface area (Å²) in [5.74, 6) is 0.522. The van der Waals surface area contributed by atoms with Crippen LogP contribution in [-0.2, 0) is 19.5 Å². The highest BCUT2D eigenvalue weighted by Gasteiger charge is 2.20. The van der Waals surface area contributed by atoms with E-state index in [9.17, 15) is 5.11 Å². The zero-order valence-electron chi connectivity index (χ0n) is 18.8. The largest absolute Gasteiger partial charge is 0.507 e. The summed E-state index contributed by atoms with van der Waals surface area (Å²) < 4.78 is 1.05.